The van der Waals surface area contributed by atoms with E-state index in [1.807, 2.05) is 0 Å². The van der Waals surface area contributed by atoms with Gasteiger partial charge in [0.15, 0.2) is 0 Å². The monoisotopic (exact) mass is 642 g/mol. The van der Waals surface area contributed by atoms with Gasteiger partial charge in [-0.05, 0) is 121 Å². The highest BCUT2D eigenvalue weighted by atomic mass is 15.1. The molecule has 240 valence electrons. The molecule has 0 radical (unpaired) electrons. The zero-order chi connectivity index (χ0) is 33.9. The van der Waals surface area contributed by atoms with Crippen LogP contribution < -0.4 is 9.80 Å². The Balaban J connectivity index is 1.42. The Bertz CT molecular complexity index is 2370. The molecule has 0 spiro atoms. The van der Waals surface area contributed by atoms with Crippen molar-refractivity contribution in [3.8, 4) is 0 Å². The summed E-state index contributed by atoms with van der Waals surface area (Å²) in [6.45, 7) is 8.60. The fraction of sp³-hybridized carbons (Fsp3) is 0.0833. The SMILES string of the molecule is Cc1ccc(N(c2ccc(C)cc2)c2ccc3cccc4c5c(N(c6ccc(C)cc6)c6ccc(C)cc6)ccc6cccc(c2c34)c65)cc1. The number of anilines is 6. The number of aryl methyl sites for hydroxylation is 4. The van der Waals surface area contributed by atoms with Crippen molar-refractivity contribution in [1.29, 1.82) is 0 Å². The summed E-state index contributed by atoms with van der Waals surface area (Å²) in [6.07, 6.45) is 0. The van der Waals surface area contributed by atoms with Gasteiger partial charge in [0.2, 0.25) is 0 Å². The van der Waals surface area contributed by atoms with Gasteiger partial charge in [0.25, 0.3) is 0 Å². The van der Waals surface area contributed by atoms with Crippen molar-refractivity contribution < 1.29 is 0 Å². The van der Waals surface area contributed by atoms with Gasteiger partial charge in [-0.2, -0.15) is 0 Å². The lowest BCUT2D eigenvalue weighted by molar-refractivity contribution is 1.28. The third-order valence-electron chi connectivity index (χ3n) is 10.2. The number of fused-ring (bicyclic) bond motifs is 2. The van der Waals surface area contributed by atoms with Crippen LogP contribution in [-0.2, 0) is 0 Å². The van der Waals surface area contributed by atoms with E-state index in [9.17, 15) is 0 Å². The molecule has 0 bridgehead atoms. The summed E-state index contributed by atoms with van der Waals surface area (Å²) in [4.78, 5) is 4.87. The van der Waals surface area contributed by atoms with E-state index in [0.29, 0.717) is 0 Å². The molecule has 2 nitrogen and oxygen atoms in total. The highest BCUT2D eigenvalue weighted by Gasteiger charge is 2.24. The first-order chi connectivity index (χ1) is 24.4. The summed E-state index contributed by atoms with van der Waals surface area (Å²) >= 11 is 0. The Morgan fingerprint density at radius 2 is 0.580 bits per heavy atom. The summed E-state index contributed by atoms with van der Waals surface area (Å²) in [5.41, 5.74) is 11.9. The zero-order valence-electron chi connectivity index (χ0n) is 28.9. The molecule has 0 aliphatic rings. The topological polar surface area (TPSA) is 6.48 Å². The largest absolute Gasteiger partial charge is 0.310 e. The molecular weight excluding hydrogens is 605 g/mol. The van der Waals surface area contributed by atoms with Gasteiger partial charge < -0.3 is 9.80 Å². The van der Waals surface area contributed by atoms with Gasteiger partial charge in [0.05, 0.1) is 11.4 Å². The molecule has 0 N–H and O–H groups in total. The van der Waals surface area contributed by atoms with Gasteiger partial charge in [0, 0.05) is 33.5 Å². The molecule has 0 heterocycles. The summed E-state index contributed by atoms with van der Waals surface area (Å²) in [7, 11) is 0. The van der Waals surface area contributed by atoms with Crippen LogP contribution in [0.2, 0.25) is 0 Å². The normalized spacial score (nSPS) is 11.6. The van der Waals surface area contributed by atoms with E-state index in [-0.39, 0.29) is 0 Å². The molecule has 0 aromatic heterocycles. The Hall–Kier alpha value is -6.12. The molecule has 9 aromatic carbocycles. The van der Waals surface area contributed by atoms with Crippen molar-refractivity contribution in [2.24, 2.45) is 0 Å². The molecule has 0 fully saturated rings. The molecule has 0 unspecified atom stereocenters. The Morgan fingerprint density at radius 1 is 0.280 bits per heavy atom. The second kappa shape index (κ2) is 11.8. The van der Waals surface area contributed by atoms with Crippen LogP contribution in [-0.4, -0.2) is 0 Å². The maximum Gasteiger partial charge on any atom is 0.0546 e. The van der Waals surface area contributed by atoms with Crippen LogP contribution in [0.25, 0.3) is 43.1 Å². The summed E-state index contributed by atoms with van der Waals surface area (Å²) in [6, 6.07) is 58.5. The molecule has 0 saturated heterocycles. The van der Waals surface area contributed by atoms with E-state index in [4.69, 9.17) is 0 Å². The first-order valence-electron chi connectivity index (χ1n) is 17.4. The van der Waals surface area contributed by atoms with Crippen molar-refractivity contribution >= 4 is 77.2 Å². The molecule has 50 heavy (non-hydrogen) atoms. The molecular formula is C48H38N2. The fourth-order valence-electron chi connectivity index (χ4n) is 7.70. The van der Waals surface area contributed by atoms with Gasteiger partial charge >= 0.3 is 0 Å². The number of rotatable bonds is 6. The van der Waals surface area contributed by atoms with E-state index in [1.54, 1.807) is 0 Å². The van der Waals surface area contributed by atoms with E-state index in [0.717, 1.165) is 22.7 Å². The quantitative estimate of drug-likeness (QED) is 0.132. The van der Waals surface area contributed by atoms with Gasteiger partial charge in [-0.25, -0.2) is 0 Å². The van der Waals surface area contributed by atoms with E-state index in [1.165, 1.54) is 76.7 Å². The lowest BCUT2D eigenvalue weighted by Crippen LogP contribution is -2.12. The van der Waals surface area contributed by atoms with Crippen LogP contribution in [0.15, 0.2) is 158 Å². The van der Waals surface area contributed by atoms with Gasteiger partial charge in [-0.15, -0.1) is 0 Å². The maximum atomic E-state index is 2.43. The summed E-state index contributed by atoms with van der Waals surface area (Å²) in [5, 5.41) is 10.1. The van der Waals surface area contributed by atoms with Crippen LogP contribution in [0.4, 0.5) is 34.1 Å². The fourth-order valence-corrected chi connectivity index (χ4v) is 7.70. The molecule has 0 aliphatic heterocycles. The summed E-state index contributed by atoms with van der Waals surface area (Å²) in [5.74, 6) is 0. The van der Waals surface area contributed by atoms with Crippen molar-refractivity contribution in [2.45, 2.75) is 27.7 Å². The Morgan fingerprint density at radius 3 is 0.880 bits per heavy atom. The van der Waals surface area contributed by atoms with Crippen LogP contribution >= 0.6 is 0 Å². The van der Waals surface area contributed by atoms with Crippen molar-refractivity contribution in [3.05, 3.63) is 180 Å². The van der Waals surface area contributed by atoms with Crippen LogP contribution in [0.5, 0.6) is 0 Å². The number of hydrogen-bond acceptors (Lipinski definition) is 2. The molecule has 0 aliphatic carbocycles. The first kappa shape index (κ1) is 30.0. The molecule has 9 rings (SSSR count). The third-order valence-corrected chi connectivity index (χ3v) is 10.2. The number of hydrogen-bond donors (Lipinski definition) is 0. The standard InChI is InChI=1S/C48H38N2/c1-31-11-21-37(22-12-31)49(38-23-13-32(2)14-24-38)43-29-19-35-7-6-10-42-45(35)47(43)41-9-5-8-36-20-30-44(48(42)46(36)41)50(39-25-15-33(3)16-26-39)40-27-17-34(4)18-28-40/h5-30H,1-4H3. The molecule has 0 atom stereocenters. The van der Waals surface area contributed by atoms with Gasteiger partial charge in [-0.1, -0.05) is 119 Å². The second-order valence-corrected chi connectivity index (χ2v) is 13.7. The Labute approximate surface area is 293 Å². The lowest BCUT2D eigenvalue weighted by Gasteiger charge is -2.30. The predicted molar refractivity (Wildman–Crippen MR) is 216 cm³/mol. The average Bonchev–Trinajstić information content (AvgIpc) is 3.14. The van der Waals surface area contributed by atoms with E-state index >= 15 is 0 Å². The average molecular weight is 643 g/mol. The minimum Gasteiger partial charge on any atom is -0.310 e. The molecule has 2 heteroatoms. The minimum absolute atomic E-state index is 1.14. The maximum absolute atomic E-state index is 2.43. The smallest absolute Gasteiger partial charge is 0.0546 e. The van der Waals surface area contributed by atoms with Crippen molar-refractivity contribution in [3.63, 3.8) is 0 Å². The highest BCUT2D eigenvalue weighted by Crippen LogP contribution is 2.51. The lowest BCUT2D eigenvalue weighted by atomic mass is 9.87. The number of benzene rings is 9. The van der Waals surface area contributed by atoms with E-state index in [2.05, 4.69) is 195 Å². The van der Waals surface area contributed by atoms with Gasteiger partial charge in [0.1, 0.15) is 0 Å². The predicted octanol–water partition coefficient (Wildman–Crippen LogP) is 13.9. The zero-order valence-corrected chi connectivity index (χ0v) is 28.9. The van der Waals surface area contributed by atoms with E-state index < -0.39 is 0 Å². The third kappa shape index (κ3) is 4.87. The molecule has 0 saturated carbocycles. The van der Waals surface area contributed by atoms with Gasteiger partial charge in [-0.3, -0.25) is 0 Å². The highest BCUT2D eigenvalue weighted by molar-refractivity contribution is 6.38. The number of nitrogens with zero attached hydrogens (tertiary/aromatic N) is 2. The second-order valence-electron chi connectivity index (χ2n) is 13.7. The molecule has 0 amide bonds. The summed E-state index contributed by atoms with van der Waals surface area (Å²) < 4.78 is 0. The van der Waals surface area contributed by atoms with Crippen LogP contribution in [0.1, 0.15) is 22.3 Å². The first-order valence-corrected chi connectivity index (χ1v) is 17.4. The van der Waals surface area contributed by atoms with Crippen LogP contribution in [0.3, 0.4) is 0 Å². The van der Waals surface area contributed by atoms with Crippen molar-refractivity contribution in [2.75, 3.05) is 9.80 Å². The molecule has 9 aromatic rings. The minimum atomic E-state index is 1.14. The van der Waals surface area contributed by atoms with Crippen LogP contribution in [0, 0.1) is 27.7 Å². The Kier molecular flexibility index (Phi) is 7.07. The van der Waals surface area contributed by atoms with Crippen molar-refractivity contribution in [1.82, 2.24) is 0 Å².